The smallest absolute Gasteiger partial charge is 0.239 e. The van der Waals surface area contributed by atoms with Crippen LogP contribution in [-0.4, -0.2) is 14.8 Å². The van der Waals surface area contributed by atoms with E-state index in [2.05, 4.69) is 10.1 Å². The van der Waals surface area contributed by atoms with Crippen molar-refractivity contribution >= 4 is 5.95 Å². The first-order valence-electron chi connectivity index (χ1n) is 4.59. The van der Waals surface area contributed by atoms with Crippen LogP contribution in [0.15, 0.2) is 30.3 Å². The van der Waals surface area contributed by atoms with Gasteiger partial charge in [-0.15, -0.1) is 5.10 Å². The molecule has 15 heavy (non-hydrogen) atoms. The summed E-state index contributed by atoms with van der Waals surface area (Å²) in [6, 6.07) is 9.55. The van der Waals surface area contributed by atoms with Crippen LogP contribution < -0.4 is 10.5 Å². The minimum Gasteiger partial charge on any atom is -0.486 e. The number of nitrogens with two attached hydrogens (primary N) is 1. The molecule has 2 N–H and O–H groups in total. The van der Waals surface area contributed by atoms with Crippen LogP contribution in [0.3, 0.4) is 0 Å². The number of nitrogen functional groups attached to an aromatic ring is 1. The van der Waals surface area contributed by atoms with Crippen LogP contribution in [0.4, 0.5) is 5.95 Å². The molecule has 0 aliphatic rings. The predicted octanol–water partition coefficient (Wildman–Crippen LogP) is 0.976. The maximum atomic E-state index is 5.51. The van der Waals surface area contributed by atoms with E-state index >= 15 is 0 Å². The molecular weight excluding hydrogens is 192 g/mol. The third-order valence-electron chi connectivity index (χ3n) is 1.98. The molecule has 0 aliphatic heterocycles. The number of benzene rings is 1. The normalized spacial score (nSPS) is 10.2. The molecule has 0 saturated heterocycles. The molecule has 0 radical (unpaired) electrons. The lowest BCUT2D eigenvalue weighted by Crippen LogP contribution is -2.04. The second-order valence-electron chi connectivity index (χ2n) is 3.11. The Labute approximate surface area is 87.5 Å². The van der Waals surface area contributed by atoms with Gasteiger partial charge in [0.15, 0.2) is 5.82 Å². The van der Waals surface area contributed by atoms with Crippen molar-refractivity contribution in [3.63, 3.8) is 0 Å². The topological polar surface area (TPSA) is 66.0 Å². The van der Waals surface area contributed by atoms with Crippen LogP contribution in [0.25, 0.3) is 0 Å². The van der Waals surface area contributed by atoms with E-state index in [-0.39, 0.29) is 5.95 Å². The zero-order valence-corrected chi connectivity index (χ0v) is 8.42. The van der Waals surface area contributed by atoms with Gasteiger partial charge in [0.05, 0.1) is 0 Å². The van der Waals surface area contributed by atoms with E-state index in [1.165, 1.54) is 0 Å². The van der Waals surface area contributed by atoms with Gasteiger partial charge in [0.25, 0.3) is 0 Å². The van der Waals surface area contributed by atoms with Crippen molar-refractivity contribution < 1.29 is 4.74 Å². The van der Waals surface area contributed by atoms with E-state index in [0.29, 0.717) is 12.4 Å². The van der Waals surface area contributed by atoms with Crippen molar-refractivity contribution in [3.8, 4) is 5.75 Å². The molecule has 1 aromatic heterocycles. The summed E-state index contributed by atoms with van der Waals surface area (Å²) in [5, 5.41) is 3.93. The first-order valence-corrected chi connectivity index (χ1v) is 4.59. The highest BCUT2D eigenvalue weighted by Crippen LogP contribution is 2.10. The average Bonchev–Trinajstić information content (AvgIpc) is 2.56. The first-order chi connectivity index (χ1) is 7.25. The molecular formula is C10H12N4O. The molecule has 0 bridgehead atoms. The fourth-order valence-electron chi connectivity index (χ4n) is 1.23. The average molecular weight is 204 g/mol. The molecule has 0 atom stereocenters. The predicted molar refractivity (Wildman–Crippen MR) is 56.2 cm³/mol. The molecule has 2 aromatic rings. The molecule has 78 valence electrons. The third-order valence-corrected chi connectivity index (χ3v) is 1.98. The van der Waals surface area contributed by atoms with Crippen molar-refractivity contribution in [2.75, 3.05) is 5.73 Å². The molecule has 2 rings (SSSR count). The van der Waals surface area contributed by atoms with E-state index in [4.69, 9.17) is 10.5 Å². The molecule has 5 nitrogen and oxygen atoms in total. The van der Waals surface area contributed by atoms with E-state index in [9.17, 15) is 0 Å². The molecule has 0 aliphatic carbocycles. The van der Waals surface area contributed by atoms with Crippen molar-refractivity contribution in [2.24, 2.45) is 7.05 Å². The molecule has 0 fully saturated rings. The number of hydrogen-bond acceptors (Lipinski definition) is 4. The summed E-state index contributed by atoms with van der Waals surface area (Å²) in [5.74, 6) is 1.78. The highest BCUT2D eigenvalue weighted by molar-refractivity contribution is 5.21. The Morgan fingerprint density at radius 1 is 1.33 bits per heavy atom. The second-order valence-corrected chi connectivity index (χ2v) is 3.11. The maximum Gasteiger partial charge on any atom is 0.239 e. The number of rotatable bonds is 3. The Hall–Kier alpha value is -2.04. The highest BCUT2D eigenvalue weighted by Gasteiger charge is 2.04. The van der Waals surface area contributed by atoms with Crippen LogP contribution in [0.1, 0.15) is 5.82 Å². The fraction of sp³-hybridized carbons (Fsp3) is 0.200. The fourth-order valence-corrected chi connectivity index (χ4v) is 1.23. The van der Waals surface area contributed by atoms with Gasteiger partial charge < -0.3 is 10.5 Å². The quantitative estimate of drug-likeness (QED) is 0.809. The zero-order chi connectivity index (χ0) is 10.7. The van der Waals surface area contributed by atoms with Gasteiger partial charge in [-0.25, -0.2) is 4.68 Å². The van der Waals surface area contributed by atoms with Crippen LogP contribution in [0.5, 0.6) is 5.75 Å². The van der Waals surface area contributed by atoms with E-state index < -0.39 is 0 Å². The number of hydrogen-bond donors (Lipinski definition) is 1. The van der Waals surface area contributed by atoms with Gasteiger partial charge in [-0.05, 0) is 12.1 Å². The Bertz CT molecular complexity index is 438. The maximum absolute atomic E-state index is 5.51. The van der Waals surface area contributed by atoms with E-state index in [1.54, 1.807) is 11.7 Å². The van der Waals surface area contributed by atoms with Crippen LogP contribution in [-0.2, 0) is 13.7 Å². The SMILES string of the molecule is Cn1nc(N)nc1COc1ccccc1. The summed E-state index contributed by atoms with van der Waals surface area (Å²) >= 11 is 0. The van der Waals surface area contributed by atoms with Crippen LogP contribution in [0.2, 0.25) is 0 Å². The lowest BCUT2D eigenvalue weighted by Gasteiger charge is -2.04. The van der Waals surface area contributed by atoms with Crippen molar-refractivity contribution in [2.45, 2.75) is 6.61 Å². The van der Waals surface area contributed by atoms with Gasteiger partial charge in [0, 0.05) is 7.05 Å². The van der Waals surface area contributed by atoms with Crippen LogP contribution in [0, 0.1) is 0 Å². The third kappa shape index (κ3) is 2.25. The molecule has 5 heteroatoms. The van der Waals surface area contributed by atoms with Crippen molar-refractivity contribution in [1.29, 1.82) is 0 Å². The summed E-state index contributed by atoms with van der Waals surface area (Å²) in [6.07, 6.45) is 0. The Morgan fingerprint density at radius 2 is 2.07 bits per heavy atom. The number of aromatic nitrogens is 3. The summed E-state index contributed by atoms with van der Waals surface area (Å²) < 4.78 is 7.12. The number of aryl methyl sites for hydroxylation is 1. The first kappa shape index (κ1) is 9.51. The number of ether oxygens (including phenoxy) is 1. The van der Waals surface area contributed by atoms with Gasteiger partial charge in [0.2, 0.25) is 5.95 Å². The van der Waals surface area contributed by atoms with Gasteiger partial charge in [0.1, 0.15) is 12.4 Å². The number of anilines is 1. The summed E-state index contributed by atoms with van der Waals surface area (Å²) in [5.41, 5.74) is 5.45. The van der Waals surface area contributed by atoms with Gasteiger partial charge in [-0.3, -0.25) is 0 Å². The second kappa shape index (κ2) is 4.00. The Balaban J connectivity index is 2.02. The molecule has 0 spiro atoms. The van der Waals surface area contributed by atoms with Gasteiger partial charge >= 0.3 is 0 Å². The minimum atomic E-state index is 0.268. The number of nitrogens with zero attached hydrogens (tertiary/aromatic N) is 3. The highest BCUT2D eigenvalue weighted by atomic mass is 16.5. The van der Waals surface area contributed by atoms with E-state index in [1.807, 2.05) is 30.3 Å². The molecule has 0 saturated carbocycles. The lowest BCUT2D eigenvalue weighted by atomic mass is 10.3. The Morgan fingerprint density at radius 3 is 2.67 bits per heavy atom. The largest absolute Gasteiger partial charge is 0.486 e. The molecule has 1 aromatic carbocycles. The molecule has 0 amide bonds. The van der Waals surface area contributed by atoms with Gasteiger partial charge in [-0.2, -0.15) is 4.98 Å². The number of para-hydroxylation sites is 1. The standard InChI is InChI=1S/C10H12N4O/c1-14-9(12-10(11)13-14)7-15-8-5-3-2-4-6-8/h2-6H,7H2,1H3,(H2,11,13). The van der Waals surface area contributed by atoms with E-state index in [0.717, 1.165) is 5.75 Å². The summed E-state index contributed by atoms with van der Waals surface area (Å²) in [6.45, 7) is 0.366. The van der Waals surface area contributed by atoms with Gasteiger partial charge in [-0.1, -0.05) is 18.2 Å². The minimum absolute atomic E-state index is 0.268. The monoisotopic (exact) mass is 204 g/mol. The zero-order valence-electron chi connectivity index (χ0n) is 8.42. The molecule has 0 unspecified atom stereocenters. The molecule has 1 heterocycles. The lowest BCUT2D eigenvalue weighted by molar-refractivity contribution is 0.290. The summed E-state index contributed by atoms with van der Waals surface area (Å²) in [4.78, 5) is 4.03. The summed E-state index contributed by atoms with van der Waals surface area (Å²) in [7, 11) is 1.78. The van der Waals surface area contributed by atoms with Crippen LogP contribution >= 0.6 is 0 Å². The van der Waals surface area contributed by atoms with Crippen molar-refractivity contribution in [1.82, 2.24) is 14.8 Å². The Kier molecular flexibility index (Phi) is 2.53. The van der Waals surface area contributed by atoms with Crippen molar-refractivity contribution in [3.05, 3.63) is 36.2 Å².